The van der Waals surface area contributed by atoms with E-state index in [1.54, 1.807) is 67.7 Å². The SMILES string of the molecule is CCOC(=O)c1ccc(NCC2CCCN2C(=O)Cc2ccc(N(C(N)=O)c3ccccc3Cl)c(OC)c2)cn1. The Kier molecular flexibility index (Phi) is 9.44. The molecule has 10 nitrogen and oxygen atoms in total. The van der Waals surface area contributed by atoms with Crippen molar-refractivity contribution in [2.45, 2.75) is 32.2 Å². The fourth-order valence-electron chi connectivity index (χ4n) is 4.73. The quantitative estimate of drug-likeness (QED) is 0.339. The molecule has 0 aliphatic carbocycles. The maximum absolute atomic E-state index is 13.3. The number of benzene rings is 2. The first-order chi connectivity index (χ1) is 19.3. The molecule has 0 saturated carbocycles. The van der Waals surface area contributed by atoms with Gasteiger partial charge >= 0.3 is 12.0 Å². The van der Waals surface area contributed by atoms with Crippen molar-refractivity contribution in [1.82, 2.24) is 9.88 Å². The van der Waals surface area contributed by atoms with E-state index in [9.17, 15) is 14.4 Å². The molecular weight excluding hydrogens is 534 g/mol. The van der Waals surface area contributed by atoms with Gasteiger partial charge < -0.3 is 25.4 Å². The number of halogens is 1. The molecular formula is C29H32ClN5O5. The minimum Gasteiger partial charge on any atom is -0.495 e. The second kappa shape index (κ2) is 13.2. The van der Waals surface area contributed by atoms with Gasteiger partial charge in [0.25, 0.3) is 0 Å². The summed E-state index contributed by atoms with van der Waals surface area (Å²) >= 11 is 6.32. The Hall–Kier alpha value is -4.31. The molecule has 3 aromatic rings. The summed E-state index contributed by atoms with van der Waals surface area (Å²) in [4.78, 5) is 44.8. The lowest BCUT2D eigenvalue weighted by Gasteiger charge is -2.26. The average Bonchev–Trinajstić information content (AvgIpc) is 3.43. The van der Waals surface area contributed by atoms with Gasteiger partial charge in [-0.2, -0.15) is 0 Å². The van der Waals surface area contributed by atoms with Crippen LogP contribution in [0.2, 0.25) is 5.02 Å². The zero-order valence-electron chi connectivity index (χ0n) is 22.4. The molecule has 4 rings (SSSR count). The number of primary amides is 1. The minimum atomic E-state index is -0.714. The highest BCUT2D eigenvalue weighted by Crippen LogP contribution is 2.38. The molecule has 0 radical (unpaired) electrons. The molecule has 1 atom stereocenters. The van der Waals surface area contributed by atoms with Crippen LogP contribution in [0.4, 0.5) is 21.9 Å². The molecule has 2 heterocycles. The molecule has 1 aliphatic rings. The van der Waals surface area contributed by atoms with Gasteiger partial charge in [-0.05, 0) is 61.7 Å². The molecule has 0 bridgehead atoms. The number of anilines is 3. The van der Waals surface area contributed by atoms with E-state index in [0.717, 1.165) is 24.1 Å². The number of ether oxygens (including phenoxy) is 2. The van der Waals surface area contributed by atoms with Gasteiger partial charge in [-0.1, -0.05) is 29.8 Å². The van der Waals surface area contributed by atoms with Crippen LogP contribution >= 0.6 is 11.6 Å². The number of carbonyl (C=O) groups is 3. The maximum Gasteiger partial charge on any atom is 0.356 e. The standard InChI is InChI=1S/C29H32ClN5O5/c1-3-40-28(37)23-12-11-20(17-33-23)32-18-21-7-6-14-34(21)27(36)16-19-10-13-25(26(15-19)39-2)35(29(31)38)24-9-5-4-8-22(24)30/h4-5,8-13,15,17,21,32H,3,6-7,14,16,18H2,1-2H3,(H2,31,38). The smallest absolute Gasteiger partial charge is 0.356 e. The summed E-state index contributed by atoms with van der Waals surface area (Å²) in [6.07, 6.45) is 3.54. The van der Waals surface area contributed by atoms with Crippen LogP contribution in [-0.4, -0.2) is 60.6 Å². The molecule has 1 saturated heterocycles. The predicted octanol–water partition coefficient (Wildman–Crippen LogP) is 4.78. The fraction of sp³-hybridized carbons (Fsp3) is 0.310. The monoisotopic (exact) mass is 565 g/mol. The molecule has 11 heteroatoms. The number of amides is 3. The van der Waals surface area contributed by atoms with Gasteiger partial charge in [0.15, 0.2) is 0 Å². The molecule has 0 spiro atoms. The van der Waals surface area contributed by atoms with Gasteiger partial charge in [0.1, 0.15) is 11.4 Å². The highest BCUT2D eigenvalue weighted by molar-refractivity contribution is 6.34. The van der Waals surface area contributed by atoms with Crippen molar-refractivity contribution in [3.63, 3.8) is 0 Å². The lowest BCUT2D eigenvalue weighted by molar-refractivity contribution is -0.131. The molecule has 1 unspecified atom stereocenters. The van der Waals surface area contributed by atoms with Crippen molar-refractivity contribution < 1.29 is 23.9 Å². The van der Waals surface area contributed by atoms with Gasteiger partial charge in [-0.25, -0.2) is 14.6 Å². The van der Waals surface area contributed by atoms with Crippen LogP contribution < -0.4 is 20.7 Å². The molecule has 3 N–H and O–H groups in total. The van der Waals surface area contributed by atoms with Crippen molar-refractivity contribution in [1.29, 1.82) is 0 Å². The maximum atomic E-state index is 13.3. The first-order valence-electron chi connectivity index (χ1n) is 13.0. The van der Waals surface area contributed by atoms with E-state index in [4.69, 9.17) is 26.8 Å². The zero-order chi connectivity index (χ0) is 28.6. The Balaban J connectivity index is 1.42. The second-order valence-electron chi connectivity index (χ2n) is 9.22. The number of hydrogen-bond acceptors (Lipinski definition) is 7. The van der Waals surface area contributed by atoms with Crippen molar-refractivity contribution in [2.75, 3.05) is 37.0 Å². The summed E-state index contributed by atoms with van der Waals surface area (Å²) in [6, 6.07) is 14.8. The van der Waals surface area contributed by atoms with Gasteiger partial charge in [0.2, 0.25) is 5.91 Å². The molecule has 3 amide bonds. The number of urea groups is 1. The van der Waals surface area contributed by atoms with Crippen molar-refractivity contribution >= 4 is 46.6 Å². The highest BCUT2D eigenvalue weighted by atomic mass is 35.5. The average molecular weight is 566 g/mol. The molecule has 1 fully saturated rings. The normalized spacial score (nSPS) is 14.5. The Morgan fingerprint density at radius 3 is 2.62 bits per heavy atom. The minimum absolute atomic E-state index is 0.00671. The number of nitrogens with zero attached hydrogens (tertiary/aromatic N) is 3. The Morgan fingerprint density at radius 1 is 1.15 bits per heavy atom. The van der Waals surface area contributed by atoms with E-state index < -0.39 is 12.0 Å². The van der Waals surface area contributed by atoms with Crippen LogP contribution in [0.25, 0.3) is 0 Å². The number of nitrogens with two attached hydrogens (primary N) is 1. The van der Waals surface area contributed by atoms with Crippen LogP contribution in [-0.2, 0) is 16.0 Å². The number of hydrogen-bond donors (Lipinski definition) is 2. The van der Waals surface area contributed by atoms with Gasteiger partial charge in [-0.15, -0.1) is 0 Å². The Labute approximate surface area is 238 Å². The van der Waals surface area contributed by atoms with Crippen molar-refractivity contribution in [3.05, 3.63) is 77.1 Å². The third kappa shape index (κ3) is 6.63. The van der Waals surface area contributed by atoms with Crippen molar-refractivity contribution in [2.24, 2.45) is 5.73 Å². The number of esters is 1. The molecule has 1 aliphatic heterocycles. The summed E-state index contributed by atoms with van der Waals surface area (Å²) in [7, 11) is 1.49. The molecule has 210 valence electrons. The van der Waals surface area contributed by atoms with E-state index in [-0.39, 0.29) is 30.7 Å². The first-order valence-corrected chi connectivity index (χ1v) is 13.4. The van der Waals surface area contributed by atoms with Gasteiger partial charge in [-0.3, -0.25) is 9.69 Å². The third-order valence-electron chi connectivity index (χ3n) is 6.64. The Bertz CT molecular complexity index is 1370. The van der Waals surface area contributed by atoms with Crippen LogP contribution in [0, 0.1) is 0 Å². The van der Waals surface area contributed by atoms with Crippen molar-refractivity contribution in [3.8, 4) is 5.75 Å². The first kappa shape index (κ1) is 28.7. The lowest BCUT2D eigenvalue weighted by Crippen LogP contribution is -2.40. The summed E-state index contributed by atoms with van der Waals surface area (Å²) < 4.78 is 10.5. The largest absolute Gasteiger partial charge is 0.495 e. The molecule has 40 heavy (non-hydrogen) atoms. The topological polar surface area (TPSA) is 127 Å². The van der Waals surface area contributed by atoms with E-state index in [2.05, 4.69) is 10.3 Å². The summed E-state index contributed by atoms with van der Waals surface area (Å²) in [6.45, 7) is 3.26. The van der Waals surface area contributed by atoms with E-state index >= 15 is 0 Å². The lowest BCUT2D eigenvalue weighted by atomic mass is 10.1. The van der Waals surface area contributed by atoms with E-state index in [0.29, 0.717) is 35.2 Å². The van der Waals surface area contributed by atoms with Gasteiger partial charge in [0.05, 0.1) is 48.4 Å². The van der Waals surface area contributed by atoms with Crippen LogP contribution in [0.1, 0.15) is 35.8 Å². The fourth-order valence-corrected chi connectivity index (χ4v) is 4.95. The second-order valence-corrected chi connectivity index (χ2v) is 9.63. The number of pyridine rings is 1. The summed E-state index contributed by atoms with van der Waals surface area (Å²) in [5.41, 5.74) is 8.29. The van der Waals surface area contributed by atoms with Gasteiger partial charge in [0, 0.05) is 19.1 Å². The number of nitrogens with one attached hydrogen (secondary N) is 1. The highest BCUT2D eigenvalue weighted by Gasteiger charge is 2.29. The summed E-state index contributed by atoms with van der Waals surface area (Å²) in [5, 5.41) is 3.68. The molecule has 1 aromatic heterocycles. The predicted molar refractivity (Wildman–Crippen MR) is 153 cm³/mol. The number of rotatable bonds is 10. The number of methoxy groups -OCH3 is 1. The molecule has 2 aromatic carbocycles. The van der Waals surface area contributed by atoms with Crippen LogP contribution in [0.3, 0.4) is 0 Å². The Morgan fingerprint density at radius 2 is 1.95 bits per heavy atom. The summed E-state index contributed by atoms with van der Waals surface area (Å²) in [5.74, 6) is -0.0763. The number of para-hydroxylation sites is 1. The number of likely N-dealkylation sites (tertiary alicyclic amines) is 1. The third-order valence-corrected chi connectivity index (χ3v) is 6.96. The van der Waals surface area contributed by atoms with E-state index in [1.807, 2.05) is 4.90 Å². The number of aromatic nitrogens is 1. The number of carbonyl (C=O) groups excluding carboxylic acids is 3. The van der Waals surface area contributed by atoms with E-state index in [1.165, 1.54) is 12.0 Å². The van der Waals surface area contributed by atoms with Crippen LogP contribution in [0.15, 0.2) is 60.8 Å². The van der Waals surface area contributed by atoms with Crippen LogP contribution in [0.5, 0.6) is 5.75 Å². The zero-order valence-corrected chi connectivity index (χ0v) is 23.2.